The van der Waals surface area contributed by atoms with Crippen LogP contribution in [0.5, 0.6) is 0 Å². The van der Waals surface area contributed by atoms with E-state index in [1.54, 1.807) is 6.33 Å². The Morgan fingerprint density at radius 1 is 1.50 bits per heavy atom. The summed E-state index contributed by atoms with van der Waals surface area (Å²) in [6.07, 6.45) is 4.72. The van der Waals surface area contributed by atoms with Gasteiger partial charge in [0, 0.05) is 13.1 Å². The van der Waals surface area contributed by atoms with Gasteiger partial charge >= 0.3 is 0 Å². The summed E-state index contributed by atoms with van der Waals surface area (Å²) in [7, 11) is 1.96. The fraction of sp³-hybridized carbons (Fsp3) is 0.667. The van der Waals surface area contributed by atoms with E-state index < -0.39 is 0 Å². The van der Waals surface area contributed by atoms with E-state index in [1.807, 2.05) is 17.7 Å². The Morgan fingerprint density at radius 2 is 2.19 bits per heavy atom. The van der Waals surface area contributed by atoms with Gasteiger partial charge in [-0.05, 0) is 26.2 Å². The third kappa shape index (κ3) is 3.17. The minimum absolute atomic E-state index is 0.217. The van der Waals surface area contributed by atoms with Crippen LogP contribution in [0.3, 0.4) is 0 Å². The van der Waals surface area contributed by atoms with E-state index in [1.165, 1.54) is 0 Å². The standard InChI is InChI=1S/C12H22N4/c1-6-7-9(2)10(3)14-11(4)12-15-13-8-16(12)5/h6,8-11,14H,1,7H2,2-5H3. The van der Waals surface area contributed by atoms with Crippen molar-refractivity contribution in [3.05, 3.63) is 24.8 Å². The molecule has 0 aliphatic rings. The summed E-state index contributed by atoms with van der Waals surface area (Å²) in [4.78, 5) is 0. The van der Waals surface area contributed by atoms with Crippen LogP contribution >= 0.6 is 0 Å². The van der Waals surface area contributed by atoms with Crippen LogP contribution in [0.4, 0.5) is 0 Å². The first-order valence-electron chi connectivity index (χ1n) is 5.77. The molecule has 90 valence electrons. The Kier molecular flexibility index (Phi) is 4.68. The predicted octanol–water partition coefficient (Wildman–Crippen LogP) is 2.07. The van der Waals surface area contributed by atoms with Gasteiger partial charge in [-0.1, -0.05) is 13.0 Å². The van der Waals surface area contributed by atoms with Gasteiger partial charge in [-0.25, -0.2) is 0 Å². The molecule has 1 aromatic rings. The quantitative estimate of drug-likeness (QED) is 0.749. The normalized spacial score (nSPS) is 16.8. The van der Waals surface area contributed by atoms with Crippen molar-refractivity contribution >= 4 is 0 Å². The largest absolute Gasteiger partial charge is 0.319 e. The van der Waals surface area contributed by atoms with Gasteiger partial charge in [0.15, 0.2) is 0 Å². The molecular formula is C12H22N4. The molecule has 3 unspecified atom stereocenters. The summed E-state index contributed by atoms with van der Waals surface area (Å²) in [5.41, 5.74) is 0. The van der Waals surface area contributed by atoms with Gasteiger partial charge in [0.2, 0.25) is 0 Å². The van der Waals surface area contributed by atoms with Crippen molar-refractivity contribution in [3.8, 4) is 0 Å². The number of hydrogen-bond donors (Lipinski definition) is 1. The molecule has 1 aromatic heterocycles. The zero-order chi connectivity index (χ0) is 12.1. The lowest BCUT2D eigenvalue weighted by atomic mass is 9.99. The first-order valence-corrected chi connectivity index (χ1v) is 5.77. The van der Waals surface area contributed by atoms with Gasteiger partial charge in [0.25, 0.3) is 0 Å². The van der Waals surface area contributed by atoms with E-state index >= 15 is 0 Å². The van der Waals surface area contributed by atoms with Gasteiger partial charge in [0.1, 0.15) is 12.2 Å². The molecule has 1 rings (SSSR count). The highest BCUT2D eigenvalue weighted by Gasteiger charge is 2.17. The van der Waals surface area contributed by atoms with Gasteiger partial charge in [-0.2, -0.15) is 0 Å². The SMILES string of the molecule is C=CCC(C)C(C)NC(C)c1nncn1C. The lowest BCUT2D eigenvalue weighted by molar-refractivity contribution is 0.360. The molecule has 0 aliphatic heterocycles. The third-order valence-corrected chi connectivity index (χ3v) is 3.04. The number of hydrogen-bond acceptors (Lipinski definition) is 3. The minimum Gasteiger partial charge on any atom is -0.319 e. The fourth-order valence-corrected chi connectivity index (χ4v) is 1.78. The summed E-state index contributed by atoms with van der Waals surface area (Å²) < 4.78 is 1.95. The summed E-state index contributed by atoms with van der Waals surface area (Å²) in [5.74, 6) is 1.55. The van der Waals surface area contributed by atoms with Crippen molar-refractivity contribution in [2.24, 2.45) is 13.0 Å². The van der Waals surface area contributed by atoms with Gasteiger partial charge < -0.3 is 9.88 Å². The molecular weight excluding hydrogens is 200 g/mol. The summed E-state index contributed by atoms with van der Waals surface area (Å²) in [6.45, 7) is 10.3. The Balaban J connectivity index is 2.54. The smallest absolute Gasteiger partial charge is 0.149 e. The number of nitrogens with one attached hydrogen (secondary N) is 1. The van der Waals surface area contributed by atoms with Gasteiger partial charge in [-0.3, -0.25) is 0 Å². The van der Waals surface area contributed by atoms with Crippen LogP contribution in [0.15, 0.2) is 19.0 Å². The van der Waals surface area contributed by atoms with Crippen LogP contribution in [0.2, 0.25) is 0 Å². The third-order valence-electron chi connectivity index (χ3n) is 3.04. The van der Waals surface area contributed by atoms with E-state index in [2.05, 4.69) is 42.9 Å². The highest BCUT2D eigenvalue weighted by Crippen LogP contribution is 2.14. The van der Waals surface area contributed by atoms with Crippen LogP contribution in [0, 0.1) is 5.92 Å². The molecule has 0 spiro atoms. The summed E-state index contributed by atoms with van der Waals surface area (Å²) >= 11 is 0. The Bertz CT molecular complexity index is 332. The highest BCUT2D eigenvalue weighted by molar-refractivity contribution is 4.93. The molecule has 0 fully saturated rings. The molecule has 0 amide bonds. The second-order valence-electron chi connectivity index (χ2n) is 4.48. The van der Waals surface area contributed by atoms with E-state index in [0.29, 0.717) is 12.0 Å². The Morgan fingerprint density at radius 3 is 2.69 bits per heavy atom. The molecule has 1 heterocycles. The first kappa shape index (κ1) is 12.9. The van der Waals surface area contributed by atoms with E-state index in [9.17, 15) is 0 Å². The van der Waals surface area contributed by atoms with Crippen LogP contribution in [0.25, 0.3) is 0 Å². The minimum atomic E-state index is 0.217. The zero-order valence-electron chi connectivity index (χ0n) is 10.6. The topological polar surface area (TPSA) is 42.7 Å². The molecule has 0 saturated carbocycles. The van der Waals surface area contributed by atoms with Gasteiger partial charge in [-0.15, -0.1) is 16.8 Å². The zero-order valence-corrected chi connectivity index (χ0v) is 10.6. The van der Waals surface area contributed by atoms with E-state index in [0.717, 1.165) is 12.2 Å². The fourth-order valence-electron chi connectivity index (χ4n) is 1.78. The maximum atomic E-state index is 4.10. The van der Waals surface area contributed by atoms with E-state index in [4.69, 9.17) is 0 Å². The highest BCUT2D eigenvalue weighted by atomic mass is 15.3. The van der Waals surface area contributed by atoms with Crippen LogP contribution in [-0.2, 0) is 7.05 Å². The maximum Gasteiger partial charge on any atom is 0.149 e. The van der Waals surface area contributed by atoms with Crippen LogP contribution in [0.1, 0.15) is 39.1 Å². The first-order chi connectivity index (χ1) is 7.56. The van der Waals surface area contributed by atoms with Gasteiger partial charge in [0.05, 0.1) is 6.04 Å². The van der Waals surface area contributed by atoms with Crippen molar-refractivity contribution in [2.75, 3.05) is 0 Å². The summed E-state index contributed by atoms with van der Waals surface area (Å²) in [6, 6.07) is 0.652. The van der Waals surface area contributed by atoms with Crippen LogP contribution in [-0.4, -0.2) is 20.8 Å². The van der Waals surface area contributed by atoms with Crippen molar-refractivity contribution in [1.82, 2.24) is 20.1 Å². The van der Waals surface area contributed by atoms with Crippen molar-refractivity contribution in [2.45, 2.75) is 39.3 Å². The molecule has 4 heteroatoms. The molecule has 0 aromatic carbocycles. The lowest BCUT2D eigenvalue weighted by Crippen LogP contribution is -2.35. The number of aryl methyl sites for hydroxylation is 1. The maximum absolute atomic E-state index is 4.10. The number of nitrogens with zero attached hydrogens (tertiary/aromatic N) is 3. The number of rotatable bonds is 6. The molecule has 1 N–H and O–H groups in total. The molecule has 4 nitrogen and oxygen atoms in total. The number of aromatic nitrogens is 3. The Hall–Kier alpha value is -1.16. The average molecular weight is 222 g/mol. The van der Waals surface area contributed by atoms with Crippen molar-refractivity contribution in [3.63, 3.8) is 0 Å². The Labute approximate surface area is 97.8 Å². The lowest BCUT2D eigenvalue weighted by Gasteiger charge is -2.24. The molecule has 3 atom stereocenters. The summed E-state index contributed by atoms with van der Waals surface area (Å²) in [5, 5.41) is 11.5. The van der Waals surface area contributed by atoms with Crippen molar-refractivity contribution in [1.29, 1.82) is 0 Å². The molecule has 0 saturated heterocycles. The monoisotopic (exact) mass is 222 g/mol. The van der Waals surface area contributed by atoms with Crippen molar-refractivity contribution < 1.29 is 0 Å². The predicted molar refractivity (Wildman–Crippen MR) is 66.0 cm³/mol. The van der Waals surface area contributed by atoms with Crippen LogP contribution < -0.4 is 5.32 Å². The second kappa shape index (κ2) is 5.80. The molecule has 0 radical (unpaired) electrons. The average Bonchev–Trinajstić information content (AvgIpc) is 2.64. The second-order valence-corrected chi connectivity index (χ2v) is 4.48. The molecule has 0 aliphatic carbocycles. The number of allylic oxidation sites excluding steroid dienone is 1. The van der Waals surface area contributed by atoms with E-state index in [-0.39, 0.29) is 6.04 Å². The molecule has 16 heavy (non-hydrogen) atoms. The molecule has 0 bridgehead atoms.